The van der Waals surface area contributed by atoms with Crippen molar-refractivity contribution >= 4 is 29.5 Å². The Morgan fingerprint density at radius 1 is 0.884 bits per heavy atom. The van der Waals surface area contributed by atoms with Crippen molar-refractivity contribution in [1.29, 1.82) is 0 Å². The molecule has 0 aromatic heterocycles. The number of carboxylic acids is 1. The maximum Gasteiger partial charge on any atom is 0.326 e. The zero-order chi connectivity index (χ0) is 31.0. The van der Waals surface area contributed by atoms with Crippen molar-refractivity contribution in [2.24, 2.45) is 0 Å². The number of nitrogens with zero attached hydrogens (tertiary/aromatic N) is 1. The molecule has 4 rings (SSSR count). The zero-order valence-electron chi connectivity index (χ0n) is 24.4. The summed E-state index contributed by atoms with van der Waals surface area (Å²) in [4.78, 5) is 51.7. The lowest BCUT2D eigenvalue weighted by Crippen LogP contribution is -2.56. The Morgan fingerprint density at radius 2 is 1.49 bits per heavy atom. The van der Waals surface area contributed by atoms with Gasteiger partial charge in [0.2, 0.25) is 5.91 Å². The topological polar surface area (TPSA) is 146 Å². The molecule has 3 aromatic rings. The predicted octanol–water partition coefficient (Wildman–Crippen LogP) is 3.79. The van der Waals surface area contributed by atoms with Crippen LogP contribution in [0.1, 0.15) is 41.3 Å². The normalized spacial score (nSPS) is 14.6. The summed E-state index contributed by atoms with van der Waals surface area (Å²) in [5, 5.41) is 18.4. The summed E-state index contributed by atoms with van der Waals surface area (Å²) in [7, 11) is 2.93. The van der Waals surface area contributed by atoms with E-state index in [1.807, 2.05) is 30.3 Å². The number of ether oxygens (including phenoxy) is 2. The number of methoxy groups -OCH3 is 2. The van der Waals surface area contributed by atoms with E-state index in [-0.39, 0.29) is 17.9 Å². The molecular weight excluding hydrogens is 552 g/mol. The number of carbonyl (C=O) groups excluding carboxylic acids is 3. The Hall–Kier alpha value is -5.06. The molecule has 226 valence electrons. The number of carbonyl (C=O) groups is 4. The van der Waals surface area contributed by atoms with E-state index in [9.17, 15) is 24.3 Å². The van der Waals surface area contributed by atoms with Crippen LogP contribution in [0.25, 0.3) is 0 Å². The largest absolute Gasteiger partial charge is 0.496 e. The minimum absolute atomic E-state index is 0.0450. The number of hydrogen-bond donors (Lipinski definition) is 4. The average molecular weight is 589 g/mol. The highest BCUT2D eigenvalue weighted by Gasteiger charge is 2.38. The van der Waals surface area contributed by atoms with Crippen molar-refractivity contribution < 1.29 is 33.8 Å². The van der Waals surface area contributed by atoms with Gasteiger partial charge in [-0.05, 0) is 48.2 Å². The maximum absolute atomic E-state index is 13.1. The SMILES string of the molecule is COc1cccc(OC)c1C(=O)Nc1ccc(CC(NC(=O)N2CCC(NC(C)=O)(c3ccccc3)CC2)C(=O)O)cc1. The third-order valence-corrected chi connectivity index (χ3v) is 7.55. The Morgan fingerprint density at radius 3 is 2.02 bits per heavy atom. The molecule has 1 unspecified atom stereocenters. The Balaban J connectivity index is 1.37. The summed E-state index contributed by atoms with van der Waals surface area (Å²) < 4.78 is 10.6. The minimum Gasteiger partial charge on any atom is -0.496 e. The second-order valence-corrected chi connectivity index (χ2v) is 10.3. The summed E-state index contributed by atoms with van der Waals surface area (Å²) >= 11 is 0. The molecule has 1 aliphatic heterocycles. The van der Waals surface area contributed by atoms with E-state index in [0.29, 0.717) is 48.7 Å². The van der Waals surface area contributed by atoms with Crippen LogP contribution in [0.4, 0.5) is 10.5 Å². The van der Waals surface area contributed by atoms with Gasteiger partial charge in [0, 0.05) is 32.1 Å². The van der Waals surface area contributed by atoms with Gasteiger partial charge in [0.25, 0.3) is 5.91 Å². The molecule has 0 saturated carbocycles. The molecule has 1 saturated heterocycles. The molecule has 11 nitrogen and oxygen atoms in total. The molecule has 1 fully saturated rings. The van der Waals surface area contributed by atoms with Crippen molar-refractivity contribution in [2.75, 3.05) is 32.6 Å². The Labute approximate surface area is 250 Å². The van der Waals surface area contributed by atoms with Crippen molar-refractivity contribution in [3.05, 3.63) is 89.5 Å². The van der Waals surface area contributed by atoms with Gasteiger partial charge in [0.1, 0.15) is 23.1 Å². The first-order valence-corrected chi connectivity index (χ1v) is 13.9. The van der Waals surface area contributed by atoms with E-state index in [4.69, 9.17) is 9.47 Å². The van der Waals surface area contributed by atoms with Crippen LogP contribution in [0.15, 0.2) is 72.8 Å². The quantitative estimate of drug-likeness (QED) is 0.282. The molecule has 43 heavy (non-hydrogen) atoms. The van der Waals surface area contributed by atoms with Gasteiger partial charge in [-0.25, -0.2) is 9.59 Å². The fourth-order valence-corrected chi connectivity index (χ4v) is 5.34. The lowest BCUT2D eigenvalue weighted by Gasteiger charge is -2.42. The number of nitrogens with one attached hydrogen (secondary N) is 3. The van der Waals surface area contributed by atoms with Gasteiger partial charge in [-0.3, -0.25) is 9.59 Å². The van der Waals surface area contributed by atoms with Crippen molar-refractivity contribution in [3.8, 4) is 11.5 Å². The maximum atomic E-state index is 13.1. The second-order valence-electron chi connectivity index (χ2n) is 10.3. The van der Waals surface area contributed by atoms with Crippen LogP contribution >= 0.6 is 0 Å². The number of benzene rings is 3. The fourth-order valence-electron chi connectivity index (χ4n) is 5.34. The number of anilines is 1. The van der Waals surface area contributed by atoms with Gasteiger partial charge in [-0.1, -0.05) is 48.5 Å². The van der Waals surface area contributed by atoms with Gasteiger partial charge in [-0.15, -0.1) is 0 Å². The third-order valence-electron chi connectivity index (χ3n) is 7.55. The number of urea groups is 1. The number of hydrogen-bond acceptors (Lipinski definition) is 6. The molecule has 0 bridgehead atoms. The van der Waals surface area contributed by atoms with Crippen LogP contribution in [-0.4, -0.2) is 67.2 Å². The molecule has 0 radical (unpaired) electrons. The van der Waals surface area contributed by atoms with Crippen LogP contribution in [0.5, 0.6) is 11.5 Å². The first kappa shape index (κ1) is 30.9. The van der Waals surface area contributed by atoms with Gasteiger partial charge in [0.15, 0.2) is 0 Å². The first-order chi connectivity index (χ1) is 20.7. The highest BCUT2D eigenvalue weighted by atomic mass is 16.5. The van der Waals surface area contributed by atoms with E-state index >= 15 is 0 Å². The molecule has 1 heterocycles. The van der Waals surface area contributed by atoms with Crippen molar-refractivity contribution in [3.63, 3.8) is 0 Å². The summed E-state index contributed by atoms with van der Waals surface area (Å²) in [5.41, 5.74) is 1.78. The van der Waals surface area contributed by atoms with E-state index < -0.39 is 29.5 Å². The number of likely N-dealkylation sites (tertiary alicyclic amines) is 1. The van der Waals surface area contributed by atoms with Crippen molar-refractivity contribution in [2.45, 2.75) is 37.8 Å². The number of aliphatic carboxylic acids is 1. The number of rotatable bonds is 10. The van der Waals surface area contributed by atoms with Crippen LogP contribution in [0.2, 0.25) is 0 Å². The van der Waals surface area contributed by atoms with Crippen LogP contribution in [-0.2, 0) is 21.5 Å². The lowest BCUT2D eigenvalue weighted by molar-refractivity contribution is -0.139. The van der Waals surface area contributed by atoms with Crippen LogP contribution in [0, 0.1) is 0 Å². The second kappa shape index (κ2) is 13.7. The molecule has 1 aliphatic rings. The van der Waals surface area contributed by atoms with Crippen molar-refractivity contribution in [1.82, 2.24) is 15.5 Å². The highest BCUT2D eigenvalue weighted by molar-refractivity contribution is 6.08. The smallest absolute Gasteiger partial charge is 0.326 e. The zero-order valence-corrected chi connectivity index (χ0v) is 24.4. The third kappa shape index (κ3) is 7.42. The minimum atomic E-state index is -1.16. The lowest BCUT2D eigenvalue weighted by atomic mass is 9.81. The number of piperidine rings is 1. The molecule has 0 aliphatic carbocycles. The van der Waals surface area contributed by atoms with E-state index in [1.54, 1.807) is 47.4 Å². The monoisotopic (exact) mass is 588 g/mol. The summed E-state index contributed by atoms with van der Waals surface area (Å²) in [6.45, 7) is 2.16. The van der Waals surface area contributed by atoms with Crippen LogP contribution < -0.4 is 25.4 Å². The average Bonchev–Trinajstić information content (AvgIpc) is 3.01. The molecular formula is C32H36N4O7. The summed E-state index contributed by atoms with van der Waals surface area (Å²) in [6.07, 6.45) is 1.04. The van der Waals surface area contributed by atoms with Gasteiger partial charge >= 0.3 is 12.0 Å². The van der Waals surface area contributed by atoms with Gasteiger partial charge < -0.3 is 35.4 Å². The van der Waals surface area contributed by atoms with E-state index in [1.165, 1.54) is 21.1 Å². The van der Waals surface area contributed by atoms with Gasteiger partial charge in [-0.2, -0.15) is 0 Å². The standard InChI is InChI=1S/C32H36N4O7/c1-21(37)35-32(23-8-5-4-6-9-23)16-18-36(19-17-32)31(41)34-25(30(39)40)20-22-12-14-24(15-13-22)33-29(38)28-26(42-2)10-7-11-27(28)43-3/h4-15,25H,16-20H2,1-3H3,(H,33,38)(H,34,41)(H,35,37)(H,39,40). The first-order valence-electron chi connectivity index (χ1n) is 13.9. The Kier molecular flexibility index (Phi) is 9.87. The Bertz CT molecular complexity index is 1430. The van der Waals surface area contributed by atoms with Gasteiger partial charge in [0.05, 0.1) is 19.8 Å². The fraction of sp³-hybridized carbons (Fsp3) is 0.312. The predicted molar refractivity (Wildman–Crippen MR) is 160 cm³/mol. The van der Waals surface area contributed by atoms with Crippen LogP contribution in [0.3, 0.4) is 0 Å². The number of carboxylic acid groups (broad SMARTS) is 1. The van der Waals surface area contributed by atoms with E-state index in [0.717, 1.165) is 5.56 Å². The molecule has 3 aromatic carbocycles. The molecule has 0 spiro atoms. The highest BCUT2D eigenvalue weighted by Crippen LogP contribution is 2.33. The van der Waals surface area contributed by atoms with E-state index in [2.05, 4.69) is 16.0 Å². The molecule has 4 amide bonds. The molecule has 1 atom stereocenters. The summed E-state index contributed by atoms with van der Waals surface area (Å²) in [5.74, 6) is -1.01. The molecule has 4 N–H and O–H groups in total. The number of amides is 4. The molecule has 11 heteroatoms. The summed E-state index contributed by atoms with van der Waals surface area (Å²) in [6, 6.07) is 19.7.